The van der Waals surface area contributed by atoms with Crippen LogP contribution in [0.4, 0.5) is 4.79 Å². The van der Waals surface area contributed by atoms with E-state index in [0.717, 1.165) is 37.1 Å². The summed E-state index contributed by atoms with van der Waals surface area (Å²) in [6, 6.07) is 18.6. The Balaban J connectivity index is 1.63. The molecule has 0 radical (unpaired) electrons. The molecule has 0 aromatic heterocycles. The minimum absolute atomic E-state index is 0.0348. The number of amides is 2. The van der Waals surface area contributed by atoms with Crippen LogP contribution in [-0.2, 0) is 22.6 Å². The molecule has 2 aromatic rings. The normalized spacial score (nSPS) is 15.7. The van der Waals surface area contributed by atoms with Crippen LogP contribution >= 0.6 is 0 Å². The van der Waals surface area contributed by atoms with Crippen molar-refractivity contribution in [1.82, 2.24) is 10.2 Å². The van der Waals surface area contributed by atoms with Crippen LogP contribution in [0.15, 0.2) is 60.7 Å². The summed E-state index contributed by atoms with van der Waals surface area (Å²) in [5.74, 6) is 0.604. The number of hydrogen-bond acceptors (Lipinski definition) is 3. The fourth-order valence-corrected chi connectivity index (χ4v) is 3.41. The van der Waals surface area contributed by atoms with Gasteiger partial charge in [-0.2, -0.15) is 0 Å². The van der Waals surface area contributed by atoms with E-state index in [1.165, 1.54) is 0 Å². The zero-order chi connectivity index (χ0) is 19.8. The van der Waals surface area contributed by atoms with Crippen LogP contribution in [0.25, 0.3) is 0 Å². The Morgan fingerprint density at radius 3 is 2.18 bits per heavy atom. The second-order valence-corrected chi connectivity index (χ2v) is 7.46. The molecule has 148 valence electrons. The van der Waals surface area contributed by atoms with Gasteiger partial charge >= 0.3 is 6.09 Å². The van der Waals surface area contributed by atoms with Crippen molar-refractivity contribution in [2.45, 2.75) is 38.8 Å². The third-order valence-electron chi connectivity index (χ3n) is 5.18. The maximum Gasteiger partial charge on any atom is 0.408 e. The summed E-state index contributed by atoms with van der Waals surface area (Å²) in [5.41, 5.74) is 1.92. The van der Waals surface area contributed by atoms with E-state index in [1.54, 1.807) is 0 Å². The fourth-order valence-electron chi connectivity index (χ4n) is 3.41. The van der Waals surface area contributed by atoms with E-state index in [-0.39, 0.29) is 12.5 Å². The van der Waals surface area contributed by atoms with Gasteiger partial charge in [-0.05, 0) is 29.9 Å². The predicted molar refractivity (Wildman–Crippen MR) is 109 cm³/mol. The SMILES string of the molecule is CC1CCN(C(=O)C(Cc2ccccc2)NC(=O)OCc2ccccc2)CC1. The number of nitrogens with zero attached hydrogens (tertiary/aromatic N) is 1. The van der Waals surface area contributed by atoms with E-state index in [9.17, 15) is 9.59 Å². The average molecular weight is 380 g/mol. The second kappa shape index (κ2) is 9.93. The summed E-state index contributed by atoms with van der Waals surface area (Å²) in [6.45, 7) is 3.88. The maximum atomic E-state index is 13.1. The number of ether oxygens (including phenoxy) is 1. The third-order valence-corrected chi connectivity index (χ3v) is 5.18. The number of alkyl carbamates (subject to hydrolysis) is 1. The maximum absolute atomic E-state index is 13.1. The molecule has 0 saturated carbocycles. The van der Waals surface area contributed by atoms with Crippen molar-refractivity contribution in [3.05, 3.63) is 71.8 Å². The van der Waals surface area contributed by atoms with Gasteiger partial charge in [-0.1, -0.05) is 67.6 Å². The van der Waals surface area contributed by atoms with Gasteiger partial charge in [0.25, 0.3) is 0 Å². The molecule has 5 nitrogen and oxygen atoms in total. The number of likely N-dealkylation sites (tertiary alicyclic amines) is 1. The number of hydrogen-bond donors (Lipinski definition) is 1. The lowest BCUT2D eigenvalue weighted by Crippen LogP contribution is -2.51. The molecule has 2 aromatic carbocycles. The molecule has 1 N–H and O–H groups in total. The quantitative estimate of drug-likeness (QED) is 0.830. The van der Waals surface area contributed by atoms with Crippen LogP contribution in [0.1, 0.15) is 30.9 Å². The van der Waals surface area contributed by atoms with Gasteiger partial charge < -0.3 is 15.0 Å². The first kappa shape index (κ1) is 19.9. The topological polar surface area (TPSA) is 58.6 Å². The summed E-state index contributed by atoms with van der Waals surface area (Å²) in [4.78, 5) is 27.3. The van der Waals surface area contributed by atoms with E-state index >= 15 is 0 Å². The number of nitrogens with one attached hydrogen (secondary N) is 1. The minimum Gasteiger partial charge on any atom is -0.445 e. The predicted octanol–water partition coefficient (Wildman–Crippen LogP) is 3.78. The Hall–Kier alpha value is -2.82. The minimum atomic E-state index is -0.626. The van der Waals surface area contributed by atoms with Crippen molar-refractivity contribution >= 4 is 12.0 Å². The second-order valence-electron chi connectivity index (χ2n) is 7.46. The fraction of sp³-hybridized carbons (Fsp3) is 0.391. The monoisotopic (exact) mass is 380 g/mol. The number of piperidine rings is 1. The molecule has 0 spiro atoms. The van der Waals surface area contributed by atoms with Crippen molar-refractivity contribution in [2.24, 2.45) is 5.92 Å². The Bertz CT molecular complexity index is 756. The molecule has 28 heavy (non-hydrogen) atoms. The molecule has 1 atom stereocenters. The molecule has 5 heteroatoms. The van der Waals surface area contributed by atoms with E-state index in [4.69, 9.17) is 4.74 Å². The van der Waals surface area contributed by atoms with Gasteiger partial charge in [-0.25, -0.2) is 4.79 Å². The van der Waals surface area contributed by atoms with Crippen LogP contribution in [0.3, 0.4) is 0 Å². The van der Waals surface area contributed by atoms with E-state index in [0.29, 0.717) is 12.3 Å². The lowest BCUT2D eigenvalue weighted by molar-refractivity contribution is -0.134. The zero-order valence-corrected chi connectivity index (χ0v) is 16.3. The highest BCUT2D eigenvalue weighted by atomic mass is 16.5. The summed E-state index contributed by atoms with van der Waals surface area (Å²) in [7, 11) is 0. The van der Waals surface area contributed by atoms with Gasteiger partial charge in [0, 0.05) is 19.5 Å². The number of carbonyl (C=O) groups is 2. The van der Waals surface area contributed by atoms with Gasteiger partial charge in [-0.15, -0.1) is 0 Å². The molecule has 1 fully saturated rings. The first-order valence-electron chi connectivity index (χ1n) is 9.92. The van der Waals surface area contributed by atoms with E-state index < -0.39 is 12.1 Å². The van der Waals surface area contributed by atoms with Gasteiger partial charge in [0.1, 0.15) is 12.6 Å². The highest BCUT2D eigenvalue weighted by molar-refractivity contribution is 5.86. The first-order valence-corrected chi connectivity index (χ1v) is 9.92. The molecular weight excluding hydrogens is 352 g/mol. The van der Waals surface area contributed by atoms with Crippen molar-refractivity contribution in [3.8, 4) is 0 Å². The third kappa shape index (κ3) is 5.84. The summed E-state index contributed by atoms with van der Waals surface area (Å²) in [5, 5.41) is 2.79. The smallest absolute Gasteiger partial charge is 0.408 e. The number of carbonyl (C=O) groups excluding carboxylic acids is 2. The van der Waals surface area contributed by atoms with Gasteiger partial charge in [-0.3, -0.25) is 4.79 Å². The van der Waals surface area contributed by atoms with Crippen LogP contribution in [0, 0.1) is 5.92 Å². The van der Waals surface area contributed by atoms with E-state index in [1.807, 2.05) is 65.6 Å². The molecule has 1 aliphatic rings. The average Bonchev–Trinajstić information content (AvgIpc) is 2.73. The van der Waals surface area contributed by atoms with Gasteiger partial charge in [0.15, 0.2) is 0 Å². The molecule has 1 aliphatic heterocycles. The van der Waals surface area contributed by atoms with Crippen LogP contribution in [0.2, 0.25) is 0 Å². The molecule has 1 unspecified atom stereocenters. The highest BCUT2D eigenvalue weighted by Crippen LogP contribution is 2.17. The zero-order valence-electron chi connectivity index (χ0n) is 16.3. The standard InChI is InChI=1S/C23H28N2O3/c1-18-12-14-25(15-13-18)22(26)21(16-19-8-4-2-5-9-19)24-23(27)28-17-20-10-6-3-7-11-20/h2-11,18,21H,12-17H2,1H3,(H,24,27). The van der Waals surface area contributed by atoms with Crippen molar-refractivity contribution in [1.29, 1.82) is 0 Å². The lowest BCUT2D eigenvalue weighted by atomic mass is 9.97. The summed E-state index contributed by atoms with van der Waals surface area (Å²) >= 11 is 0. The molecule has 3 rings (SSSR count). The van der Waals surface area contributed by atoms with Crippen molar-refractivity contribution in [3.63, 3.8) is 0 Å². The van der Waals surface area contributed by atoms with Crippen molar-refractivity contribution < 1.29 is 14.3 Å². The molecule has 0 bridgehead atoms. The highest BCUT2D eigenvalue weighted by Gasteiger charge is 2.29. The summed E-state index contributed by atoms with van der Waals surface area (Å²) < 4.78 is 5.33. The molecular formula is C23H28N2O3. The molecule has 0 aliphatic carbocycles. The Labute approximate surface area is 166 Å². The Morgan fingerprint density at radius 1 is 1.00 bits per heavy atom. The molecule has 2 amide bonds. The van der Waals surface area contributed by atoms with E-state index in [2.05, 4.69) is 12.2 Å². The van der Waals surface area contributed by atoms with Crippen LogP contribution < -0.4 is 5.32 Å². The first-order chi connectivity index (χ1) is 13.6. The number of benzene rings is 2. The van der Waals surface area contributed by atoms with Gasteiger partial charge in [0.05, 0.1) is 0 Å². The van der Waals surface area contributed by atoms with Crippen LogP contribution in [0.5, 0.6) is 0 Å². The molecule has 1 saturated heterocycles. The Morgan fingerprint density at radius 2 is 1.57 bits per heavy atom. The van der Waals surface area contributed by atoms with Crippen LogP contribution in [-0.4, -0.2) is 36.0 Å². The largest absolute Gasteiger partial charge is 0.445 e. The lowest BCUT2D eigenvalue weighted by Gasteiger charge is -2.33. The van der Waals surface area contributed by atoms with Crippen molar-refractivity contribution in [2.75, 3.05) is 13.1 Å². The van der Waals surface area contributed by atoms with Gasteiger partial charge in [0.2, 0.25) is 5.91 Å². The molecule has 1 heterocycles. The number of rotatable bonds is 6. The Kier molecular flexibility index (Phi) is 7.06. The summed E-state index contributed by atoms with van der Waals surface area (Å²) in [6.07, 6.45) is 1.89.